The van der Waals surface area contributed by atoms with Gasteiger partial charge in [-0.15, -0.1) is 0 Å². The van der Waals surface area contributed by atoms with Crippen molar-refractivity contribution in [3.8, 4) is 28.0 Å². The lowest BCUT2D eigenvalue weighted by molar-refractivity contribution is -0.124. The molecule has 0 saturated carbocycles. The first-order valence-electron chi connectivity index (χ1n) is 14.5. The molecule has 1 aliphatic heterocycles. The molecule has 3 amide bonds. The van der Waals surface area contributed by atoms with Crippen molar-refractivity contribution in [2.24, 2.45) is 5.92 Å². The highest BCUT2D eigenvalue weighted by molar-refractivity contribution is 5.98. The number of rotatable bonds is 9. The highest BCUT2D eigenvalue weighted by Crippen LogP contribution is 2.38. The van der Waals surface area contributed by atoms with Crippen molar-refractivity contribution < 1.29 is 18.7 Å². The topological polar surface area (TPSA) is 130 Å². The van der Waals surface area contributed by atoms with Crippen LogP contribution in [0, 0.1) is 25.6 Å². The Labute approximate surface area is 259 Å². The molecule has 1 saturated heterocycles. The number of methoxy groups -OCH3 is 1. The molecule has 0 spiro atoms. The van der Waals surface area contributed by atoms with Gasteiger partial charge in [-0.1, -0.05) is 30.3 Å². The fourth-order valence-electron chi connectivity index (χ4n) is 5.64. The van der Waals surface area contributed by atoms with Gasteiger partial charge in [0, 0.05) is 49.5 Å². The third-order valence-corrected chi connectivity index (χ3v) is 8.09. The summed E-state index contributed by atoms with van der Waals surface area (Å²) in [5.41, 5.74) is 8.31. The normalized spacial score (nSPS) is 14.6. The van der Waals surface area contributed by atoms with E-state index < -0.39 is 17.8 Å². The molecule has 3 heterocycles. The molecule has 0 aliphatic carbocycles. The van der Waals surface area contributed by atoms with E-state index in [0.29, 0.717) is 28.2 Å². The van der Waals surface area contributed by atoms with Crippen molar-refractivity contribution >= 4 is 34.5 Å². The van der Waals surface area contributed by atoms with E-state index >= 15 is 4.39 Å². The number of fused-ring (bicyclic) bond motifs is 1. The lowest BCUT2D eigenvalue weighted by Crippen LogP contribution is -2.54. The highest BCUT2D eigenvalue weighted by Gasteiger charge is 2.26. The molecule has 5 aromatic rings. The van der Waals surface area contributed by atoms with Crippen molar-refractivity contribution in [2.75, 3.05) is 25.5 Å². The van der Waals surface area contributed by atoms with Crippen molar-refractivity contribution in [1.29, 1.82) is 0 Å². The second-order valence-electron chi connectivity index (χ2n) is 10.8. The monoisotopic (exact) mass is 605 g/mol. The summed E-state index contributed by atoms with van der Waals surface area (Å²) >= 11 is 0. The molecule has 11 heteroatoms. The van der Waals surface area contributed by atoms with Gasteiger partial charge in [-0.3, -0.25) is 15.1 Å². The van der Waals surface area contributed by atoms with E-state index in [2.05, 4.69) is 55.3 Å². The van der Waals surface area contributed by atoms with Crippen LogP contribution in [0.5, 0.6) is 5.75 Å². The first-order chi connectivity index (χ1) is 21.8. The summed E-state index contributed by atoms with van der Waals surface area (Å²) in [5.74, 6) is -0.207. The molecule has 2 aromatic heterocycles. The van der Waals surface area contributed by atoms with Crippen LogP contribution in [0.15, 0.2) is 73.2 Å². The van der Waals surface area contributed by atoms with Gasteiger partial charge >= 0.3 is 6.03 Å². The zero-order chi connectivity index (χ0) is 31.5. The number of imide groups is 1. The number of nitrogens with zero attached hydrogens (tertiary/aromatic N) is 3. The maximum absolute atomic E-state index is 15.6. The molecule has 1 fully saturated rings. The summed E-state index contributed by atoms with van der Waals surface area (Å²) in [5, 5.41) is 11.4. The van der Waals surface area contributed by atoms with E-state index in [9.17, 15) is 9.59 Å². The fraction of sp³-hybridized carbons (Fsp3) is 0.206. The lowest BCUT2D eigenvalue weighted by Gasteiger charge is -2.22. The Morgan fingerprint density at radius 1 is 0.933 bits per heavy atom. The van der Waals surface area contributed by atoms with Crippen LogP contribution in [0.3, 0.4) is 0 Å². The Balaban J connectivity index is 1.27. The average molecular weight is 606 g/mol. The first kappa shape index (κ1) is 29.6. The Kier molecular flexibility index (Phi) is 8.35. The number of hydrogen-bond acceptors (Lipinski definition) is 8. The van der Waals surface area contributed by atoms with Crippen LogP contribution >= 0.6 is 0 Å². The number of pyridine rings is 1. The Bertz CT molecular complexity index is 1930. The van der Waals surface area contributed by atoms with Crippen molar-refractivity contribution in [2.45, 2.75) is 20.4 Å². The maximum atomic E-state index is 15.6. The van der Waals surface area contributed by atoms with Crippen LogP contribution in [0.2, 0.25) is 0 Å². The van der Waals surface area contributed by atoms with Gasteiger partial charge in [0.1, 0.15) is 17.1 Å². The highest BCUT2D eigenvalue weighted by atomic mass is 19.1. The zero-order valence-electron chi connectivity index (χ0n) is 25.1. The SMILES string of the molecule is COc1cc(-c2cccc(-c3cccc(Nc4nccc5nccnc45)c3C)c2C)cc(F)c1CNCC1CNC(=O)NC1=O. The van der Waals surface area contributed by atoms with E-state index in [4.69, 9.17) is 4.74 Å². The summed E-state index contributed by atoms with van der Waals surface area (Å²) in [6, 6.07) is 16.7. The lowest BCUT2D eigenvalue weighted by atomic mass is 9.90. The molecule has 4 N–H and O–H groups in total. The minimum atomic E-state index is -0.507. The predicted octanol–water partition coefficient (Wildman–Crippen LogP) is 5.41. The molecule has 1 aliphatic rings. The number of nitrogens with one attached hydrogen (secondary N) is 4. The van der Waals surface area contributed by atoms with Crippen LogP contribution in [0.25, 0.3) is 33.3 Å². The van der Waals surface area contributed by atoms with Crippen molar-refractivity contribution in [1.82, 2.24) is 30.9 Å². The Morgan fingerprint density at radius 2 is 1.69 bits per heavy atom. The molecule has 1 unspecified atom stereocenters. The second-order valence-corrected chi connectivity index (χ2v) is 10.8. The fourth-order valence-corrected chi connectivity index (χ4v) is 5.64. The molecule has 10 nitrogen and oxygen atoms in total. The quantitative estimate of drug-likeness (QED) is 0.176. The number of urea groups is 1. The van der Waals surface area contributed by atoms with Gasteiger partial charge in [0.05, 0.1) is 18.5 Å². The standard InChI is InChI=1S/C34H32FN7O3/c1-19-23(21-14-27(35)26(30(15-21)45-3)18-36-16-22-17-40-34(44)42-33(22)43)6-4-7-24(19)25-8-5-9-28(20(25)2)41-32-31-29(10-11-39-32)37-12-13-38-31/h4-15,22,36H,16-18H2,1-3H3,(H,39,41)(H2,40,42,43,44). The maximum Gasteiger partial charge on any atom is 0.321 e. The zero-order valence-corrected chi connectivity index (χ0v) is 25.1. The molecule has 1 atom stereocenters. The Morgan fingerprint density at radius 3 is 2.49 bits per heavy atom. The van der Waals surface area contributed by atoms with Crippen LogP contribution in [-0.4, -0.2) is 47.1 Å². The molecule has 6 rings (SSSR count). The van der Waals surface area contributed by atoms with E-state index in [1.54, 1.807) is 18.6 Å². The number of benzene rings is 3. The van der Waals surface area contributed by atoms with Crippen LogP contribution in [-0.2, 0) is 11.3 Å². The van der Waals surface area contributed by atoms with E-state index in [-0.39, 0.29) is 25.5 Å². The minimum Gasteiger partial charge on any atom is -0.496 e. The molecule has 228 valence electrons. The van der Waals surface area contributed by atoms with Crippen molar-refractivity contribution in [3.63, 3.8) is 0 Å². The summed E-state index contributed by atoms with van der Waals surface area (Å²) in [6.07, 6.45) is 5.01. The third kappa shape index (κ3) is 6.02. The average Bonchev–Trinajstić information content (AvgIpc) is 3.04. The Hall–Kier alpha value is -5.42. The first-order valence-corrected chi connectivity index (χ1v) is 14.5. The second kappa shape index (κ2) is 12.7. The van der Waals surface area contributed by atoms with E-state index in [1.165, 1.54) is 13.2 Å². The summed E-state index contributed by atoms with van der Waals surface area (Å²) in [6.45, 7) is 4.73. The molecule has 0 radical (unpaired) electrons. The summed E-state index contributed by atoms with van der Waals surface area (Å²) in [7, 11) is 1.51. The molecule has 0 bridgehead atoms. The summed E-state index contributed by atoms with van der Waals surface area (Å²) < 4.78 is 21.2. The number of halogens is 1. The molecular formula is C34H32FN7O3. The number of ether oxygens (including phenoxy) is 1. The number of aromatic nitrogens is 3. The minimum absolute atomic E-state index is 0.155. The number of anilines is 2. The van der Waals surface area contributed by atoms with Gasteiger partial charge in [-0.25, -0.2) is 19.2 Å². The van der Waals surface area contributed by atoms with Crippen LogP contribution in [0.1, 0.15) is 16.7 Å². The van der Waals surface area contributed by atoms with E-state index in [0.717, 1.165) is 39.0 Å². The molecule has 45 heavy (non-hydrogen) atoms. The van der Waals surface area contributed by atoms with Gasteiger partial charge in [0.15, 0.2) is 5.82 Å². The van der Waals surface area contributed by atoms with Gasteiger partial charge in [-0.05, 0) is 71.5 Å². The van der Waals surface area contributed by atoms with Gasteiger partial charge in [0.2, 0.25) is 5.91 Å². The van der Waals surface area contributed by atoms with Gasteiger partial charge < -0.3 is 20.7 Å². The number of hydrogen-bond donors (Lipinski definition) is 4. The van der Waals surface area contributed by atoms with Crippen LogP contribution in [0.4, 0.5) is 20.7 Å². The number of amides is 3. The van der Waals surface area contributed by atoms with Crippen molar-refractivity contribution in [3.05, 3.63) is 95.7 Å². The smallest absolute Gasteiger partial charge is 0.321 e. The largest absolute Gasteiger partial charge is 0.496 e. The number of carbonyl (C=O) groups is 2. The predicted molar refractivity (Wildman–Crippen MR) is 171 cm³/mol. The molecule has 3 aromatic carbocycles. The summed E-state index contributed by atoms with van der Waals surface area (Å²) in [4.78, 5) is 36.7. The van der Waals surface area contributed by atoms with Gasteiger partial charge in [0.25, 0.3) is 0 Å². The van der Waals surface area contributed by atoms with E-state index in [1.807, 2.05) is 43.3 Å². The molecular weight excluding hydrogens is 573 g/mol. The third-order valence-electron chi connectivity index (χ3n) is 8.09. The number of carbonyl (C=O) groups excluding carboxylic acids is 2. The van der Waals surface area contributed by atoms with Gasteiger partial charge in [-0.2, -0.15) is 0 Å². The van der Waals surface area contributed by atoms with Crippen LogP contribution < -0.4 is 26.0 Å².